The van der Waals surface area contributed by atoms with E-state index in [0.717, 1.165) is 32.2 Å². The number of rotatable bonds is 7. The molecule has 0 bridgehead atoms. The summed E-state index contributed by atoms with van der Waals surface area (Å²) >= 11 is 0. The molecule has 14 heavy (non-hydrogen) atoms. The predicted molar refractivity (Wildman–Crippen MR) is 59.5 cm³/mol. The molecule has 0 atom stereocenters. The van der Waals surface area contributed by atoms with E-state index in [0.29, 0.717) is 0 Å². The molecular weight excluding hydrogens is 176 g/mol. The Morgan fingerprint density at radius 3 is 2.29 bits per heavy atom. The van der Waals surface area contributed by atoms with Crippen molar-refractivity contribution in [1.82, 2.24) is 10.0 Å². The van der Waals surface area contributed by atoms with Crippen LogP contribution in [-0.4, -0.2) is 36.6 Å². The summed E-state index contributed by atoms with van der Waals surface area (Å²) in [5.41, 5.74) is 0. The van der Waals surface area contributed by atoms with Crippen LogP contribution < -0.4 is 0 Å². The number of hydrazine groups is 1. The van der Waals surface area contributed by atoms with E-state index in [1.807, 2.05) is 19.1 Å². The van der Waals surface area contributed by atoms with Crippen LogP contribution in [-0.2, 0) is 4.79 Å². The third-order valence-electron chi connectivity index (χ3n) is 2.07. The molecule has 0 aliphatic carbocycles. The molecule has 1 amide bonds. The van der Waals surface area contributed by atoms with Gasteiger partial charge < -0.3 is 0 Å². The average Bonchev–Trinajstić information content (AvgIpc) is 2.14. The molecule has 0 aromatic rings. The van der Waals surface area contributed by atoms with Gasteiger partial charge in [-0.3, -0.25) is 9.80 Å². The topological polar surface area (TPSA) is 23.6 Å². The molecule has 1 radical (unpaired) electrons. The van der Waals surface area contributed by atoms with Crippen molar-refractivity contribution in [3.8, 4) is 0 Å². The Labute approximate surface area is 88.0 Å². The Kier molecular flexibility index (Phi) is 7.48. The first-order chi connectivity index (χ1) is 6.63. The number of unbranched alkanes of at least 4 members (excludes halogenated alkanes) is 2. The predicted octanol–water partition coefficient (Wildman–Crippen LogP) is 2.10. The van der Waals surface area contributed by atoms with E-state index in [1.54, 1.807) is 11.4 Å². The third kappa shape index (κ3) is 5.22. The Bertz CT molecular complexity index is 157. The molecule has 0 rings (SSSR count). The Balaban J connectivity index is 3.98. The maximum atomic E-state index is 11.7. The summed E-state index contributed by atoms with van der Waals surface area (Å²) < 4.78 is 0. The van der Waals surface area contributed by atoms with Crippen LogP contribution in [0.25, 0.3) is 0 Å². The van der Waals surface area contributed by atoms with Crippen molar-refractivity contribution in [2.24, 2.45) is 0 Å². The molecule has 0 aliphatic heterocycles. The summed E-state index contributed by atoms with van der Waals surface area (Å²) in [4.78, 5) is 11.7. The minimum Gasteiger partial charge on any atom is -0.276 e. The zero-order chi connectivity index (χ0) is 11.0. The highest BCUT2D eigenvalue weighted by Crippen LogP contribution is 2.03. The van der Waals surface area contributed by atoms with Gasteiger partial charge in [0.25, 0.3) is 0 Å². The van der Waals surface area contributed by atoms with Gasteiger partial charge in [-0.15, -0.1) is 0 Å². The lowest BCUT2D eigenvalue weighted by molar-refractivity contribution is -0.141. The van der Waals surface area contributed by atoms with Crippen LogP contribution in [0.5, 0.6) is 0 Å². The summed E-state index contributed by atoms with van der Waals surface area (Å²) in [6, 6.07) is 0. The summed E-state index contributed by atoms with van der Waals surface area (Å²) in [6.45, 7) is 5.03. The summed E-state index contributed by atoms with van der Waals surface area (Å²) in [7, 11) is 3.82. The minimum absolute atomic E-state index is 0.130. The molecule has 0 aromatic carbocycles. The molecule has 3 heteroatoms. The van der Waals surface area contributed by atoms with Crippen LogP contribution >= 0.6 is 0 Å². The molecule has 0 saturated heterocycles. The standard InChI is InChI=1S/C11H23N2O/c1-5-7-9-11(14)13(12(3)4)10-8-6-2/h9H,5-8,10H2,1-4H3. The Morgan fingerprint density at radius 2 is 1.86 bits per heavy atom. The molecule has 0 heterocycles. The van der Waals surface area contributed by atoms with Gasteiger partial charge in [0.05, 0.1) is 6.42 Å². The fraction of sp³-hybridized carbons (Fsp3) is 0.818. The lowest BCUT2D eigenvalue weighted by atomic mass is 10.2. The molecule has 0 unspecified atom stereocenters. The number of amides is 1. The second-order valence-electron chi connectivity index (χ2n) is 3.65. The van der Waals surface area contributed by atoms with Crippen LogP contribution in [0.4, 0.5) is 0 Å². The number of hydrogen-bond acceptors (Lipinski definition) is 2. The van der Waals surface area contributed by atoms with Gasteiger partial charge in [-0.05, 0) is 12.8 Å². The SMILES string of the molecule is CCC[CH]C(=O)N(CCCC)N(C)C. The normalized spacial score (nSPS) is 10.6. The van der Waals surface area contributed by atoms with Crippen LogP contribution in [0.1, 0.15) is 39.5 Å². The van der Waals surface area contributed by atoms with Crippen molar-refractivity contribution < 1.29 is 4.79 Å². The molecule has 0 aliphatic rings. The first-order valence-electron chi connectivity index (χ1n) is 5.45. The molecule has 3 nitrogen and oxygen atoms in total. The molecule has 83 valence electrons. The third-order valence-corrected chi connectivity index (χ3v) is 2.07. The molecule has 0 aromatic heterocycles. The van der Waals surface area contributed by atoms with Crippen LogP contribution in [0.2, 0.25) is 0 Å². The zero-order valence-electron chi connectivity index (χ0n) is 9.92. The summed E-state index contributed by atoms with van der Waals surface area (Å²) in [5, 5.41) is 3.66. The fourth-order valence-electron chi connectivity index (χ4n) is 1.19. The monoisotopic (exact) mass is 199 g/mol. The van der Waals surface area contributed by atoms with Gasteiger partial charge in [-0.1, -0.05) is 26.7 Å². The second-order valence-corrected chi connectivity index (χ2v) is 3.65. The van der Waals surface area contributed by atoms with Gasteiger partial charge in [0, 0.05) is 20.6 Å². The smallest absolute Gasteiger partial charge is 0.240 e. The van der Waals surface area contributed by atoms with E-state index in [9.17, 15) is 4.79 Å². The lowest BCUT2D eigenvalue weighted by Gasteiger charge is -2.28. The van der Waals surface area contributed by atoms with Gasteiger partial charge in [0.15, 0.2) is 0 Å². The molecule has 0 spiro atoms. The minimum atomic E-state index is 0.130. The Morgan fingerprint density at radius 1 is 1.21 bits per heavy atom. The quantitative estimate of drug-likeness (QED) is 0.586. The highest BCUT2D eigenvalue weighted by atomic mass is 16.2. The highest BCUT2D eigenvalue weighted by Gasteiger charge is 2.14. The maximum Gasteiger partial charge on any atom is 0.240 e. The van der Waals surface area contributed by atoms with Crippen LogP contribution in [0.3, 0.4) is 0 Å². The molecule has 0 N–H and O–H groups in total. The Hall–Kier alpha value is -0.570. The summed E-state index contributed by atoms with van der Waals surface area (Å²) in [6.07, 6.45) is 5.85. The van der Waals surface area contributed by atoms with E-state index in [2.05, 4.69) is 13.8 Å². The van der Waals surface area contributed by atoms with Crippen molar-refractivity contribution >= 4 is 5.91 Å². The summed E-state index contributed by atoms with van der Waals surface area (Å²) in [5.74, 6) is 0.130. The van der Waals surface area contributed by atoms with E-state index in [-0.39, 0.29) is 5.91 Å². The van der Waals surface area contributed by atoms with E-state index in [4.69, 9.17) is 0 Å². The first kappa shape index (κ1) is 13.4. The van der Waals surface area contributed by atoms with Crippen molar-refractivity contribution in [1.29, 1.82) is 0 Å². The van der Waals surface area contributed by atoms with Gasteiger partial charge >= 0.3 is 0 Å². The van der Waals surface area contributed by atoms with Crippen molar-refractivity contribution in [3.63, 3.8) is 0 Å². The van der Waals surface area contributed by atoms with Crippen LogP contribution in [0, 0.1) is 6.42 Å². The largest absolute Gasteiger partial charge is 0.276 e. The van der Waals surface area contributed by atoms with E-state index in [1.165, 1.54) is 0 Å². The number of nitrogens with zero attached hydrogens (tertiary/aromatic N) is 2. The molecular formula is C11H23N2O. The zero-order valence-corrected chi connectivity index (χ0v) is 9.92. The first-order valence-corrected chi connectivity index (χ1v) is 5.45. The van der Waals surface area contributed by atoms with Gasteiger partial charge in [0.2, 0.25) is 5.91 Å². The van der Waals surface area contributed by atoms with Gasteiger partial charge in [-0.25, -0.2) is 5.01 Å². The average molecular weight is 199 g/mol. The molecule has 0 fully saturated rings. The van der Waals surface area contributed by atoms with Crippen molar-refractivity contribution in [2.45, 2.75) is 39.5 Å². The highest BCUT2D eigenvalue weighted by molar-refractivity contribution is 5.84. The number of hydrogen-bond donors (Lipinski definition) is 0. The van der Waals surface area contributed by atoms with Crippen molar-refractivity contribution in [2.75, 3.05) is 20.6 Å². The number of carbonyl (C=O) groups excluding carboxylic acids is 1. The number of carbonyl (C=O) groups is 1. The molecule has 0 saturated carbocycles. The second kappa shape index (κ2) is 7.80. The van der Waals surface area contributed by atoms with E-state index >= 15 is 0 Å². The van der Waals surface area contributed by atoms with E-state index < -0.39 is 0 Å². The maximum absolute atomic E-state index is 11.7. The van der Waals surface area contributed by atoms with Gasteiger partial charge in [-0.2, -0.15) is 0 Å². The fourth-order valence-corrected chi connectivity index (χ4v) is 1.19. The van der Waals surface area contributed by atoms with Crippen molar-refractivity contribution in [3.05, 3.63) is 6.42 Å². The lowest BCUT2D eigenvalue weighted by Crippen LogP contribution is -2.42. The van der Waals surface area contributed by atoms with Gasteiger partial charge in [0.1, 0.15) is 0 Å². The van der Waals surface area contributed by atoms with Crippen LogP contribution in [0.15, 0.2) is 0 Å².